The minimum atomic E-state index is -0.908. The third-order valence-corrected chi connectivity index (χ3v) is 7.99. The van der Waals surface area contributed by atoms with E-state index < -0.39 is 18.0 Å². The van der Waals surface area contributed by atoms with Crippen LogP contribution in [-0.4, -0.2) is 46.1 Å². The highest BCUT2D eigenvalue weighted by Crippen LogP contribution is 2.31. The van der Waals surface area contributed by atoms with E-state index in [9.17, 15) is 14.4 Å². The van der Waals surface area contributed by atoms with Gasteiger partial charge in [0.1, 0.15) is 12.1 Å². The van der Waals surface area contributed by atoms with Crippen LogP contribution in [0.15, 0.2) is 84.9 Å². The molecule has 1 unspecified atom stereocenters. The van der Waals surface area contributed by atoms with Gasteiger partial charge in [-0.2, -0.15) is 0 Å². The molecule has 1 fully saturated rings. The molecule has 1 saturated heterocycles. The molecule has 0 saturated carbocycles. The van der Waals surface area contributed by atoms with Gasteiger partial charge < -0.3 is 15.5 Å². The van der Waals surface area contributed by atoms with E-state index in [2.05, 4.69) is 6.07 Å². The van der Waals surface area contributed by atoms with Crippen molar-refractivity contribution >= 4 is 39.3 Å². The standard InChI is InChI=1S/C34H37N3O3/c1-22(2)18-30-34(40)36(32(33(35)39)29-15-14-26-9-5-7-11-28(26)21-29)17-16-23(3)37(30)31(38)20-24-12-13-25-8-4-6-10-27(25)19-24/h4-15,19,21-23,30,32H,16-18,20H2,1-3H3,(H2,35,39)/t23?,30-,32-/m0/s1. The van der Waals surface area contributed by atoms with E-state index in [4.69, 9.17) is 5.73 Å². The van der Waals surface area contributed by atoms with Crippen molar-refractivity contribution in [3.8, 4) is 0 Å². The van der Waals surface area contributed by atoms with Crippen LogP contribution < -0.4 is 5.73 Å². The molecule has 40 heavy (non-hydrogen) atoms. The topological polar surface area (TPSA) is 83.7 Å². The Bertz CT molecular complexity index is 1560. The molecule has 6 nitrogen and oxygen atoms in total. The van der Waals surface area contributed by atoms with Crippen LogP contribution in [0, 0.1) is 5.92 Å². The van der Waals surface area contributed by atoms with Crippen molar-refractivity contribution in [1.82, 2.24) is 9.80 Å². The molecule has 3 atom stereocenters. The summed E-state index contributed by atoms with van der Waals surface area (Å²) >= 11 is 0. The fourth-order valence-corrected chi connectivity index (χ4v) is 6.02. The van der Waals surface area contributed by atoms with E-state index in [0.717, 1.165) is 27.1 Å². The number of hydrogen-bond donors (Lipinski definition) is 1. The Labute approximate surface area is 235 Å². The molecule has 1 heterocycles. The van der Waals surface area contributed by atoms with E-state index in [1.807, 2.05) is 99.6 Å². The first-order valence-electron chi connectivity index (χ1n) is 14.1. The fraction of sp³-hybridized carbons (Fsp3) is 0.324. The third kappa shape index (κ3) is 5.57. The highest BCUT2D eigenvalue weighted by atomic mass is 16.2. The molecule has 0 aromatic heterocycles. The summed E-state index contributed by atoms with van der Waals surface area (Å²) in [5, 5.41) is 4.23. The maximum atomic E-state index is 14.3. The molecule has 0 radical (unpaired) electrons. The first-order chi connectivity index (χ1) is 19.2. The van der Waals surface area contributed by atoms with Crippen molar-refractivity contribution in [2.45, 2.75) is 58.2 Å². The SMILES string of the molecule is CC(C)C[C@H]1C(=O)N([C@H](C(N)=O)c2ccc3ccccc3c2)CCC(C)N1C(=O)Cc1ccc2ccccc2c1. The van der Waals surface area contributed by atoms with Gasteiger partial charge in [0.2, 0.25) is 17.7 Å². The summed E-state index contributed by atoms with van der Waals surface area (Å²) in [7, 11) is 0. The monoisotopic (exact) mass is 535 g/mol. The number of carbonyl (C=O) groups is 3. The lowest BCUT2D eigenvalue weighted by atomic mass is 9.97. The van der Waals surface area contributed by atoms with Crippen molar-refractivity contribution in [3.05, 3.63) is 96.1 Å². The maximum Gasteiger partial charge on any atom is 0.246 e. The van der Waals surface area contributed by atoms with Gasteiger partial charge in [0.15, 0.2) is 0 Å². The average Bonchev–Trinajstić information content (AvgIpc) is 3.04. The molecule has 3 amide bonds. The Hall–Kier alpha value is -4.19. The summed E-state index contributed by atoms with van der Waals surface area (Å²) in [6.45, 7) is 6.44. The summed E-state index contributed by atoms with van der Waals surface area (Å²) in [5.41, 5.74) is 7.57. The number of amides is 3. The van der Waals surface area contributed by atoms with Crippen LogP contribution in [0.4, 0.5) is 0 Å². The number of nitrogens with zero attached hydrogens (tertiary/aromatic N) is 2. The van der Waals surface area contributed by atoms with Crippen LogP contribution >= 0.6 is 0 Å². The van der Waals surface area contributed by atoms with Gasteiger partial charge >= 0.3 is 0 Å². The van der Waals surface area contributed by atoms with Crippen LogP contribution in [0.25, 0.3) is 21.5 Å². The van der Waals surface area contributed by atoms with Crippen molar-refractivity contribution in [1.29, 1.82) is 0 Å². The number of fused-ring (bicyclic) bond motifs is 2. The lowest BCUT2D eigenvalue weighted by Gasteiger charge is -2.36. The molecule has 0 bridgehead atoms. The van der Waals surface area contributed by atoms with Crippen LogP contribution in [0.3, 0.4) is 0 Å². The fourth-order valence-electron chi connectivity index (χ4n) is 6.02. The predicted molar refractivity (Wildman–Crippen MR) is 159 cm³/mol. The van der Waals surface area contributed by atoms with Gasteiger partial charge in [0.05, 0.1) is 6.42 Å². The summed E-state index contributed by atoms with van der Waals surface area (Å²) in [6, 6.07) is 26.1. The Morgan fingerprint density at radius 3 is 2.10 bits per heavy atom. The zero-order valence-corrected chi connectivity index (χ0v) is 23.4. The smallest absolute Gasteiger partial charge is 0.246 e. The van der Waals surface area contributed by atoms with Gasteiger partial charge in [-0.15, -0.1) is 0 Å². The average molecular weight is 536 g/mol. The minimum Gasteiger partial charge on any atom is -0.368 e. The summed E-state index contributed by atoms with van der Waals surface area (Å²) in [5.74, 6) is -0.702. The largest absolute Gasteiger partial charge is 0.368 e. The number of hydrogen-bond acceptors (Lipinski definition) is 3. The second-order valence-electron chi connectivity index (χ2n) is 11.4. The molecule has 0 aliphatic carbocycles. The number of rotatable bonds is 7. The molecular formula is C34H37N3O3. The maximum absolute atomic E-state index is 14.3. The van der Waals surface area contributed by atoms with E-state index in [1.165, 1.54) is 0 Å². The predicted octanol–water partition coefficient (Wildman–Crippen LogP) is 5.63. The van der Waals surface area contributed by atoms with Crippen molar-refractivity contribution in [3.63, 3.8) is 0 Å². The van der Waals surface area contributed by atoms with Gasteiger partial charge in [-0.3, -0.25) is 14.4 Å². The first kappa shape index (κ1) is 27.4. The van der Waals surface area contributed by atoms with Gasteiger partial charge in [0.25, 0.3) is 0 Å². The second-order valence-corrected chi connectivity index (χ2v) is 11.4. The van der Waals surface area contributed by atoms with Crippen LogP contribution in [0.1, 0.15) is 50.8 Å². The highest BCUT2D eigenvalue weighted by molar-refractivity contribution is 5.94. The summed E-state index contributed by atoms with van der Waals surface area (Å²) in [6.07, 6.45) is 1.27. The van der Waals surface area contributed by atoms with Crippen LogP contribution in [-0.2, 0) is 20.8 Å². The second kappa shape index (κ2) is 11.5. The Morgan fingerprint density at radius 2 is 1.48 bits per heavy atom. The molecular weight excluding hydrogens is 498 g/mol. The molecule has 0 spiro atoms. The van der Waals surface area contributed by atoms with Gasteiger partial charge in [-0.05, 0) is 64.4 Å². The van der Waals surface area contributed by atoms with E-state index in [-0.39, 0.29) is 30.2 Å². The van der Waals surface area contributed by atoms with E-state index in [1.54, 1.807) is 9.80 Å². The van der Waals surface area contributed by atoms with Gasteiger partial charge in [-0.1, -0.05) is 92.7 Å². The normalized spacial score (nSPS) is 18.8. The Balaban J connectivity index is 1.47. The Kier molecular flexibility index (Phi) is 7.88. The highest BCUT2D eigenvalue weighted by Gasteiger charge is 2.42. The molecule has 4 aromatic rings. The van der Waals surface area contributed by atoms with Gasteiger partial charge in [-0.25, -0.2) is 0 Å². The Morgan fingerprint density at radius 1 is 0.875 bits per heavy atom. The zero-order chi connectivity index (χ0) is 28.4. The molecule has 5 rings (SSSR count). The van der Waals surface area contributed by atoms with Crippen molar-refractivity contribution in [2.24, 2.45) is 11.7 Å². The first-order valence-corrected chi connectivity index (χ1v) is 14.1. The number of benzene rings is 4. The van der Waals surface area contributed by atoms with Crippen LogP contribution in [0.5, 0.6) is 0 Å². The molecule has 6 heteroatoms. The number of primary amides is 1. The minimum absolute atomic E-state index is 0.0787. The molecule has 2 N–H and O–H groups in total. The van der Waals surface area contributed by atoms with Crippen LogP contribution in [0.2, 0.25) is 0 Å². The summed E-state index contributed by atoms with van der Waals surface area (Å²) in [4.78, 5) is 44.5. The van der Waals surface area contributed by atoms with Gasteiger partial charge in [0, 0.05) is 12.6 Å². The lowest BCUT2D eigenvalue weighted by molar-refractivity contribution is -0.148. The van der Waals surface area contributed by atoms with E-state index in [0.29, 0.717) is 24.9 Å². The number of carbonyl (C=O) groups excluding carboxylic acids is 3. The molecule has 206 valence electrons. The molecule has 1 aliphatic heterocycles. The zero-order valence-electron chi connectivity index (χ0n) is 23.4. The third-order valence-electron chi connectivity index (χ3n) is 7.99. The summed E-state index contributed by atoms with van der Waals surface area (Å²) < 4.78 is 0. The van der Waals surface area contributed by atoms with Crippen molar-refractivity contribution < 1.29 is 14.4 Å². The number of nitrogens with two attached hydrogens (primary N) is 1. The van der Waals surface area contributed by atoms with Crippen molar-refractivity contribution in [2.75, 3.05) is 6.54 Å². The molecule has 4 aromatic carbocycles. The lowest BCUT2D eigenvalue weighted by Crippen LogP contribution is -2.53. The quantitative estimate of drug-likeness (QED) is 0.333. The van der Waals surface area contributed by atoms with E-state index >= 15 is 0 Å². The molecule has 1 aliphatic rings.